The number of halogens is 2. The number of carbonyl (C=O) groups is 1. The Morgan fingerprint density at radius 2 is 1.81 bits per heavy atom. The molecule has 0 aromatic heterocycles. The van der Waals surface area contributed by atoms with Gasteiger partial charge in [-0.15, -0.1) is 0 Å². The Bertz CT molecular complexity index is 807. The van der Waals surface area contributed by atoms with E-state index < -0.39 is 0 Å². The number of methoxy groups -OCH3 is 2. The fourth-order valence-electron chi connectivity index (χ4n) is 3.33. The molecule has 0 spiro atoms. The third-order valence-corrected chi connectivity index (χ3v) is 5.00. The predicted molar refractivity (Wildman–Crippen MR) is 105 cm³/mol. The van der Waals surface area contributed by atoms with Gasteiger partial charge in [0.1, 0.15) is 17.2 Å². The molecule has 0 aliphatic carbocycles. The van der Waals surface area contributed by atoms with Crippen LogP contribution in [0.25, 0.3) is 0 Å². The number of likely N-dealkylation sites (tertiary alicyclic amines) is 1. The second kappa shape index (κ2) is 8.72. The van der Waals surface area contributed by atoms with Crippen molar-refractivity contribution in [2.75, 3.05) is 27.4 Å². The number of nitrogens with zero attached hydrogens (tertiary/aromatic N) is 1. The van der Waals surface area contributed by atoms with Gasteiger partial charge in [-0.2, -0.15) is 0 Å². The minimum atomic E-state index is -0.0986. The highest BCUT2D eigenvalue weighted by molar-refractivity contribution is 6.34. The fraction of sp³-hybridized carbons (Fsp3) is 0.350. The van der Waals surface area contributed by atoms with Gasteiger partial charge in [-0.3, -0.25) is 4.79 Å². The Labute approximate surface area is 168 Å². The van der Waals surface area contributed by atoms with Crippen LogP contribution < -0.4 is 14.2 Å². The summed E-state index contributed by atoms with van der Waals surface area (Å²) in [4.78, 5) is 14.6. The Morgan fingerprint density at radius 1 is 1.07 bits per heavy atom. The molecule has 0 saturated carbocycles. The molecule has 1 heterocycles. The second-order valence-corrected chi connectivity index (χ2v) is 7.12. The van der Waals surface area contributed by atoms with E-state index >= 15 is 0 Å². The fourth-order valence-corrected chi connectivity index (χ4v) is 3.83. The first-order valence-electron chi connectivity index (χ1n) is 8.62. The number of carbonyl (C=O) groups excluding carboxylic acids is 1. The third kappa shape index (κ3) is 4.60. The molecule has 0 radical (unpaired) electrons. The lowest BCUT2D eigenvalue weighted by Crippen LogP contribution is -2.34. The molecule has 7 heteroatoms. The van der Waals surface area contributed by atoms with Crippen LogP contribution in [-0.2, 0) is 4.79 Å². The lowest BCUT2D eigenvalue weighted by molar-refractivity contribution is -0.134. The average molecular weight is 410 g/mol. The van der Waals surface area contributed by atoms with Gasteiger partial charge in [0.15, 0.2) is 6.61 Å². The molecule has 1 unspecified atom stereocenters. The number of hydrogen-bond donors (Lipinski definition) is 0. The molecule has 1 saturated heterocycles. The Morgan fingerprint density at radius 3 is 2.48 bits per heavy atom. The molecule has 1 fully saturated rings. The van der Waals surface area contributed by atoms with Crippen LogP contribution in [0.15, 0.2) is 36.4 Å². The van der Waals surface area contributed by atoms with Crippen molar-refractivity contribution >= 4 is 29.1 Å². The molecule has 2 aromatic carbocycles. The minimum Gasteiger partial charge on any atom is -0.497 e. The maximum Gasteiger partial charge on any atom is 0.261 e. The van der Waals surface area contributed by atoms with Crippen LogP contribution in [0.4, 0.5) is 0 Å². The summed E-state index contributed by atoms with van der Waals surface area (Å²) in [5.74, 6) is 1.84. The van der Waals surface area contributed by atoms with Gasteiger partial charge in [0, 0.05) is 22.2 Å². The summed E-state index contributed by atoms with van der Waals surface area (Å²) in [6, 6.07) is 10.4. The second-order valence-electron chi connectivity index (χ2n) is 6.25. The van der Waals surface area contributed by atoms with Gasteiger partial charge in [-0.1, -0.05) is 23.2 Å². The van der Waals surface area contributed by atoms with E-state index in [1.165, 1.54) is 0 Å². The molecule has 1 aliphatic heterocycles. The van der Waals surface area contributed by atoms with Crippen LogP contribution in [0.2, 0.25) is 10.0 Å². The van der Waals surface area contributed by atoms with Crippen LogP contribution >= 0.6 is 23.2 Å². The quantitative estimate of drug-likeness (QED) is 0.690. The Balaban J connectivity index is 1.75. The number of hydrogen-bond acceptors (Lipinski definition) is 4. The van der Waals surface area contributed by atoms with E-state index in [1.54, 1.807) is 32.4 Å². The summed E-state index contributed by atoms with van der Waals surface area (Å²) in [5, 5.41) is 0.926. The largest absolute Gasteiger partial charge is 0.497 e. The molecule has 1 aliphatic rings. The first-order chi connectivity index (χ1) is 13.0. The standard InChI is InChI=1S/C20H21Cl2NO4/c1-25-15-5-6-19(26-2)17(11-15)18-4-3-7-23(18)20(24)12-27-16-9-13(21)8-14(22)10-16/h5-6,8-11,18H,3-4,7,12H2,1-2H3. The van der Waals surface area contributed by atoms with E-state index in [1.807, 2.05) is 23.1 Å². The summed E-state index contributed by atoms with van der Waals surface area (Å²) in [6.45, 7) is 0.586. The molecular weight excluding hydrogens is 389 g/mol. The van der Waals surface area contributed by atoms with Crippen LogP contribution in [0.5, 0.6) is 17.2 Å². The van der Waals surface area contributed by atoms with Crippen LogP contribution in [0.1, 0.15) is 24.4 Å². The van der Waals surface area contributed by atoms with Crippen LogP contribution in [0.3, 0.4) is 0 Å². The Hall–Kier alpha value is -2.11. The van der Waals surface area contributed by atoms with Gasteiger partial charge in [0.2, 0.25) is 0 Å². The van der Waals surface area contributed by atoms with E-state index in [0.29, 0.717) is 22.3 Å². The number of benzene rings is 2. The molecule has 0 bridgehead atoms. The average Bonchev–Trinajstić information content (AvgIpc) is 3.14. The summed E-state index contributed by atoms with van der Waals surface area (Å²) < 4.78 is 16.4. The van der Waals surface area contributed by atoms with Crippen molar-refractivity contribution in [3.8, 4) is 17.2 Å². The molecule has 2 aromatic rings. The third-order valence-electron chi connectivity index (χ3n) is 4.57. The number of rotatable bonds is 6. The van der Waals surface area contributed by atoms with Crippen molar-refractivity contribution in [1.29, 1.82) is 0 Å². The molecule has 27 heavy (non-hydrogen) atoms. The highest BCUT2D eigenvalue weighted by Crippen LogP contribution is 2.39. The SMILES string of the molecule is COc1ccc(OC)c(C2CCCN2C(=O)COc2cc(Cl)cc(Cl)c2)c1. The van der Waals surface area contributed by atoms with Crippen molar-refractivity contribution in [3.05, 3.63) is 52.0 Å². The maximum atomic E-state index is 12.8. The van der Waals surface area contributed by atoms with Crippen LogP contribution in [-0.4, -0.2) is 38.2 Å². The van der Waals surface area contributed by atoms with Crippen LogP contribution in [0, 0.1) is 0 Å². The van der Waals surface area contributed by atoms with Gasteiger partial charge < -0.3 is 19.1 Å². The molecule has 144 valence electrons. The molecule has 1 amide bonds. The topological polar surface area (TPSA) is 48.0 Å². The molecule has 1 atom stereocenters. The highest BCUT2D eigenvalue weighted by Gasteiger charge is 2.32. The summed E-state index contributed by atoms with van der Waals surface area (Å²) in [5.41, 5.74) is 0.938. The monoisotopic (exact) mass is 409 g/mol. The summed E-state index contributed by atoms with van der Waals surface area (Å²) >= 11 is 11.9. The van der Waals surface area contributed by atoms with Crippen molar-refractivity contribution in [1.82, 2.24) is 4.90 Å². The molecule has 3 rings (SSSR count). The predicted octanol–water partition coefficient (Wildman–Crippen LogP) is 4.75. The van der Waals surface area contributed by atoms with E-state index in [4.69, 9.17) is 37.4 Å². The number of amides is 1. The van der Waals surface area contributed by atoms with Gasteiger partial charge >= 0.3 is 0 Å². The van der Waals surface area contributed by atoms with Crippen molar-refractivity contribution in [2.45, 2.75) is 18.9 Å². The van der Waals surface area contributed by atoms with Crippen molar-refractivity contribution in [2.24, 2.45) is 0 Å². The van der Waals surface area contributed by atoms with Crippen molar-refractivity contribution in [3.63, 3.8) is 0 Å². The van der Waals surface area contributed by atoms with Gasteiger partial charge in [0.05, 0.1) is 20.3 Å². The number of ether oxygens (including phenoxy) is 3. The zero-order valence-electron chi connectivity index (χ0n) is 15.2. The lowest BCUT2D eigenvalue weighted by Gasteiger charge is -2.26. The zero-order valence-corrected chi connectivity index (χ0v) is 16.7. The van der Waals surface area contributed by atoms with E-state index in [0.717, 1.165) is 29.9 Å². The zero-order chi connectivity index (χ0) is 19.4. The molecule has 5 nitrogen and oxygen atoms in total. The molecule has 0 N–H and O–H groups in total. The van der Waals surface area contributed by atoms with E-state index in [2.05, 4.69) is 0 Å². The normalized spacial score (nSPS) is 16.3. The Kier molecular flexibility index (Phi) is 6.34. The highest BCUT2D eigenvalue weighted by atomic mass is 35.5. The van der Waals surface area contributed by atoms with Gasteiger partial charge in [0.25, 0.3) is 5.91 Å². The lowest BCUT2D eigenvalue weighted by atomic mass is 10.0. The smallest absolute Gasteiger partial charge is 0.261 e. The summed E-state index contributed by atoms with van der Waals surface area (Å²) in [6.07, 6.45) is 1.78. The minimum absolute atomic E-state index is 0.0749. The van der Waals surface area contributed by atoms with Gasteiger partial charge in [-0.25, -0.2) is 0 Å². The van der Waals surface area contributed by atoms with E-state index in [9.17, 15) is 4.79 Å². The summed E-state index contributed by atoms with van der Waals surface area (Å²) in [7, 11) is 3.24. The first-order valence-corrected chi connectivity index (χ1v) is 9.37. The van der Waals surface area contributed by atoms with Crippen molar-refractivity contribution < 1.29 is 19.0 Å². The van der Waals surface area contributed by atoms with E-state index in [-0.39, 0.29) is 18.6 Å². The molecular formula is C20H21Cl2NO4. The van der Waals surface area contributed by atoms with Gasteiger partial charge in [-0.05, 0) is 49.2 Å². The maximum absolute atomic E-state index is 12.8. The first kappa shape index (κ1) is 19.6.